The molecule has 0 aromatic heterocycles. The van der Waals surface area contributed by atoms with Gasteiger partial charge >= 0.3 is 0 Å². The molecular weight excluding hydrogens is 362 g/mol. The number of benzene rings is 1. The normalized spacial score (nSPS) is 19.0. The molecule has 1 atom stereocenters. The third-order valence-corrected chi connectivity index (χ3v) is 5.19. The largest absolute Gasteiger partial charge is 0.489 e. The van der Waals surface area contributed by atoms with Crippen molar-refractivity contribution in [2.45, 2.75) is 25.3 Å². The fraction of sp³-hybridized carbons (Fsp3) is 0.600. The first-order valence-corrected chi connectivity index (χ1v) is 9.84. The summed E-state index contributed by atoms with van der Waals surface area (Å²) < 4.78 is 11.1. The number of morpholine rings is 1. The number of aliphatic hydroxyl groups is 1. The Morgan fingerprint density at radius 2 is 2.04 bits per heavy atom. The number of ether oxygens (including phenoxy) is 2. The van der Waals surface area contributed by atoms with Gasteiger partial charge in [0, 0.05) is 38.9 Å². The van der Waals surface area contributed by atoms with E-state index in [0.29, 0.717) is 57.9 Å². The van der Waals surface area contributed by atoms with Crippen molar-refractivity contribution < 1.29 is 24.2 Å². The smallest absolute Gasteiger partial charge is 0.254 e. The molecule has 8 nitrogen and oxygen atoms in total. The summed E-state index contributed by atoms with van der Waals surface area (Å²) in [6.45, 7) is 3.44. The van der Waals surface area contributed by atoms with Crippen molar-refractivity contribution in [2.24, 2.45) is 0 Å². The number of carbonyl (C=O) groups is 2. The summed E-state index contributed by atoms with van der Waals surface area (Å²) in [6.07, 6.45) is 1.76. The van der Waals surface area contributed by atoms with Gasteiger partial charge in [-0.3, -0.25) is 9.59 Å². The molecule has 1 fully saturated rings. The van der Waals surface area contributed by atoms with Crippen LogP contribution in [0.2, 0.25) is 0 Å². The number of hydrogen-bond acceptors (Lipinski definition) is 6. The number of hydrogen-bond donors (Lipinski definition) is 2. The van der Waals surface area contributed by atoms with Gasteiger partial charge < -0.3 is 29.7 Å². The van der Waals surface area contributed by atoms with E-state index in [2.05, 4.69) is 5.32 Å². The molecule has 0 spiro atoms. The van der Waals surface area contributed by atoms with Gasteiger partial charge in [-0.25, -0.2) is 0 Å². The number of anilines is 1. The van der Waals surface area contributed by atoms with Crippen molar-refractivity contribution in [2.75, 3.05) is 58.0 Å². The Morgan fingerprint density at radius 3 is 2.79 bits per heavy atom. The molecule has 0 bridgehead atoms. The summed E-state index contributed by atoms with van der Waals surface area (Å²) in [7, 11) is 1.92. The maximum atomic E-state index is 12.8. The van der Waals surface area contributed by atoms with Crippen molar-refractivity contribution in [1.29, 1.82) is 0 Å². The third-order valence-electron chi connectivity index (χ3n) is 5.19. The van der Waals surface area contributed by atoms with Crippen molar-refractivity contribution >= 4 is 17.5 Å². The summed E-state index contributed by atoms with van der Waals surface area (Å²) in [5.41, 5.74) is 1.44. The Kier molecular flexibility index (Phi) is 7.11. The lowest BCUT2D eigenvalue weighted by atomic mass is 10.1. The van der Waals surface area contributed by atoms with Crippen LogP contribution in [0.25, 0.3) is 0 Å². The average molecular weight is 391 g/mol. The molecule has 2 aliphatic heterocycles. The van der Waals surface area contributed by atoms with E-state index >= 15 is 0 Å². The van der Waals surface area contributed by atoms with Gasteiger partial charge in [0.2, 0.25) is 5.91 Å². The maximum Gasteiger partial charge on any atom is 0.254 e. The number of carbonyl (C=O) groups excluding carboxylic acids is 2. The first-order chi connectivity index (χ1) is 13.6. The highest BCUT2D eigenvalue weighted by molar-refractivity contribution is 5.96. The Hall–Kier alpha value is -2.32. The molecule has 1 saturated heterocycles. The van der Waals surface area contributed by atoms with E-state index in [9.17, 15) is 9.59 Å². The van der Waals surface area contributed by atoms with E-state index in [0.717, 1.165) is 17.9 Å². The predicted octanol–water partition coefficient (Wildman–Crippen LogP) is 0.635. The van der Waals surface area contributed by atoms with Crippen LogP contribution >= 0.6 is 0 Å². The van der Waals surface area contributed by atoms with E-state index in [4.69, 9.17) is 14.6 Å². The molecule has 8 heteroatoms. The Bertz CT molecular complexity index is 690. The molecule has 2 amide bonds. The van der Waals surface area contributed by atoms with E-state index in [-0.39, 0.29) is 24.5 Å². The van der Waals surface area contributed by atoms with Crippen LogP contribution in [0.3, 0.4) is 0 Å². The van der Waals surface area contributed by atoms with Crippen molar-refractivity contribution in [3.63, 3.8) is 0 Å². The topological polar surface area (TPSA) is 91.3 Å². The van der Waals surface area contributed by atoms with Crippen LogP contribution in [-0.4, -0.2) is 81.0 Å². The third kappa shape index (κ3) is 4.94. The number of unbranched alkanes of at least 4 members (excludes halogenated alkanes) is 1. The van der Waals surface area contributed by atoms with Gasteiger partial charge in [-0.15, -0.1) is 0 Å². The molecular formula is C20H29N3O5. The number of nitrogens with one attached hydrogen (secondary N) is 1. The monoisotopic (exact) mass is 391 g/mol. The number of fused-ring (bicyclic) bond motifs is 1. The zero-order chi connectivity index (χ0) is 19.9. The van der Waals surface area contributed by atoms with Crippen LogP contribution in [0.15, 0.2) is 18.2 Å². The second-order valence-corrected chi connectivity index (χ2v) is 7.15. The second-order valence-electron chi connectivity index (χ2n) is 7.15. The highest BCUT2D eigenvalue weighted by Gasteiger charge is 2.28. The first kappa shape index (κ1) is 20.4. The van der Waals surface area contributed by atoms with Crippen LogP contribution in [0.1, 0.15) is 29.6 Å². The summed E-state index contributed by atoms with van der Waals surface area (Å²) in [5.74, 6) is 0.672. The lowest BCUT2D eigenvalue weighted by molar-refractivity contribution is -0.121. The Balaban J connectivity index is 1.63. The molecule has 1 aromatic rings. The minimum absolute atomic E-state index is 0.0109. The fourth-order valence-corrected chi connectivity index (χ4v) is 3.44. The van der Waals surface area contributed by atoms with Gasteiger partial charge in [-0.2, -0.15) is 0 Å². The van der Waals surface area contributed by atoms with E-state index in [1.165, 1.54) is 0 Å². The molecule has 2 aliphatic rings. The van der Waals surface area contributed by atoms with Gasteiger partial charge in [-0.05, 0) is 31.0 Å². The van der Waals surface area contributed by atoms with Gasteiger partial charge in [-0.1, -0.05) is 0 Å². The number of rotatable bonds is 7. The highest BCUT2D eigenvalue weighted by Crippen LogP contribution is 2.34. The van der Waals surface area contributed by atoms with E-state index in [1.807, 2.05) is 24.1 Å². The zero-order valence-corrected chi connectivity index (χ0v) is 16.4. The molecule has 154 valence electrons. The second kappa shape index (κ2) is 9.75. The highest BCUT2D eigenvalue weighted by atomic mass is 16.5. The molecule has 2 heterocycles. The molecule has 2 N–H and O–H groups in total. The standard InChI is InChI=1S/C20H29N3O5/c1-22-16(13-19(25)21-6-2-3-9-24)14-28-18-5-4-15(12-17(18)22)20(26)23-7-10-27-11-8-23/h4-5,12,16,24H,2-3,6-11,13-14H2,1H3,(H,21,25)/t16-/m0/s1. The molecule has 3 rings (SSSR count). The molecule has 0 unspecified atom stereocenters. The number of likely N-dealkylation sites (N-methyl/N-ethyl adjacent to an activating group) is 1. The Labute approximate surface area is 165 Å². The summed E-state index contributed by atoms with van der Waals surface area (Å²) in [6, 6.07) is 5.36. The van der Waals surface area contributed by atoms with Crippen LogP contribution in [0.4, 0.5) is 5.69 Å². The van der Waals surface area contributed by atoms with Gasteiger partial charge in [0.15, 0.2) is 0 Å². The van der Waals surface area contributed by atoms with Gasteiger partial charge in [0.25, 0.3) is 5.91 Å². The molecule has 0 radical (unpaired) electrons. The minimum atomic E-state index is -0.0981. The van der Waals surface area contributed by atoms with Crippen LogP contribution in [0.5, 0.6) is 5.75 Å². The van der Waals surface area contributed by atoms with Crippen molar-refractivity contribution in [3.8, 4) is 5.75 Å². The van der Waals surface area contributed by atoms with Crippen LogP contribution < -0.4 is 15.0 Å². The fourth-order valence-electron chi connectivity index (χ4n) is 3.44. The molecule has 1 aromatic carbocycles. The van der Waals surface area contributed by atoms with Crippen LogP contribution in [0, 0.1) is 0 Å². The maximum absolute atomic E-state index is 12.8. The number of aliphatic hydroxyl groups excluding tert-OH is 1. The average Bonchev–Trinajstić information content (AvgIpc) is 2.73. The van der Waals surface area contributed by atoms with Crippen LogP contribution in [-0.2, 0) is 9.53 Å². The molecule has 28 heavy (non-hydrogen) atoms. The van der Waals surface area contributed by atoms with E-state index < -0.39 is 0 Å². The lowest BCUT2D eigenvalue weighted by Gasteiger charge is -2.36. The summed E-state index contributed by atoms with van der Waals surface area (Å²) >= 11 is 0. The minimum Gasteiger partial charge on any atom is -0.489 e. The van der Waals surface area contributed by atoms with Gasteiger partial charge in [0.1, 0.15) is 12.4 Å². The number of amides is 2. The van der Waals surface area contributed by atoms with E-state index in [1.54, 1.807) is 11.0 Å². The predicted molar refractivity (Wildman–Crippen MR) is 105 cm³/mol. The molecule has 0 aliphatic carbocycles. The summed E-state index contributed by atoms with van der Waals surface area (Å²) in [4.78, 5) is 28.8. The van der Waals surface area contributed by atoms with Crippen molar-refractivity contribution in [3.05, 3.63) is 23.8 Å². The lowest BCUT2D eigenvalue weighted by Crippen LogP contribution is -2.44. The van der Waals surface area contributed by atoms with Gasteiger partial charge in [0.05, 0.1) is 31.4 Å². The first-order valence-electron chi connectivity index (χ1n) is 9.84. The quantitative estimate of drug-likeness (QED) is 0.663. The SMILES string of the molecule is CN1c2cc(C(=O)N3CCOCC3)ccc2OC[C@@H]1CC(=O)NCCCCO. The zero-order valence-electron chi connectivity index (χ0n) is 16.4. The van der Waals surface area contributed by atoms with Crippen molar-refractivity contribution in [1.82, 2.24) is 10.2 Å². The molecule has 0 saturated carbocycles. The number of nitrogens with zero attached hydrogens (tertiary/aromatic N) is 2. The summed E-state index contributed by atoms with van der Waals surface area (Å²) in [5, 5.41) is 11.7. The Morgan fingerprint density at radius 1 is 1.25 bits per heavy atom.